The molecule has 0 bridgehead atoms. The first-order valence-corrected chi connectivity index (χ1v) is 8.88. The zero-order chi connectivity index (χ0) is 17.6. The molecule has 126 valence electrons. The van der Waals surface area contributed by atoms with Crippen LogP contribution in [0.25, 0.3) is 0 Å². The van der Waals surface area contributed by atoms with Crippen molar-refractivity contribution in [3.63, 3.8) is 0 Å². The van der Waals surface area contributed by atoms with Crippen molar-refractivity contribution in [2.75, 3.05) is 0 Å². The van der Waals surface area contributed by atoms with Crippen molar-refractivity contribution in [1.29, 1.82) is 0 Å². The SMILES string of the molecule is C[n+]1cc(C(=O)OCc2ccccc2)cn(Sc2ccccc2)c1=S. The van der Waals surface area contributed by atoms with Gasteiger partial charge in [0.1, 0.15) is 36.5 Å². The standard InChI is InChI=1S/C19H17N2O2S2/c1-20-12-16(18(22)23-14-15-8-4-2-5-9-15)13-21(19(20)24)25-17-10-6-3-7-11-17/h2-13H,14H2,1H3/q+1. The number of aryl methyl sites for hydroxylation is 1. The van der Waals surface area contributed by atoms with Crippen LogP contribution in [0.3, 0.4) is 0 Å². The quantitative estimate of drug-likeness (QED) is 0.387. The van der Waals surface area contributed by atoms with Gasteiger partial charge in [-0.2, -0.15) is 3.97 Å². The van der Waals surface area contributed by atoms with E-state index in [1.54, 1.807) is 20.9 Å². The third-order valence-electron chi connectivity index (χ3n) is 3.47. The average molecular weight is 369 g/mol. The molecule has 0 N–H and O–H groups in total. The van der Waals surface area contributed by atoms with Crippen LogP contribution in [0, 0.1) is 4.77 Å². The fourth-order valence-corrected chi connectivity index (χ4v) is 3.30. The van der Waals surface area contributed by atoms with Crippen LogP contribution in [-0.4, -0.2) is 9.94 Å². The lowest BCUT2D eigenvalue weighted by Crippen LogP contribution is -2.33. The first-order chi connectivity index (χ1) is 12.1. The molecular weight excluding hydrogens is 352 g/mol. The van der Waals surface area contributed by atoms with Crippen LogP contribution in [0.1, 0.15) is 15.9 Å². The highest BCUT2D eigenvalue weighted by Gasteiger charge is 2.17. The van der Waals surface area contributed by atoms with E-state index in [0.717, 1.165) is 10.5 Å². The van der Waals surface area contributed by atoms with E-state index >= 15 is 0 Å². The van der Waals surface area contributed by atoms with E-state index < -0.39 is 0 Å². The molecule has 0 aliphatic carbocycles. The molecule has 0 aliphatic rings. The highest BCUT2D eigenvalue weighted by molar-refractivity contribution is 7.98. The zero-order valence-electron chi connectivity index (χ0n) is 13.7. The van der Waals surface area contributed by atoms with Gasteiger partial charge in [0.15, 0.2) is 0 Å². The maximum atomic E-state index is 12.4. The van der Waals surface area contributed by atoms with E-state index in [0.29, 0.717) is 10.3 Å². The molecule has 0 saturated carbocycles. The van der Waals surface area contributed by atoms with Crippen molar-refractivity contribution < 1.29 is 14.1 Å². The van der Waals surface area contributed by atoms with E-state index in [2.05, 4.69) is 0 Å². The van der Waals surface area contributed by atoms with E-state index in [4.69, 9.17) is 17.0 Å². The summed E-state index contributed by atoms with van der Waals surface area (Å²) in [5, 5.41) is 0. The highest BCUT2D eigenvalue weighted by Crippen LogP contribution is 2.20. The van der Waals surface area contributed by atoms with Gasteiger partial charge < -0.3 is 4.74 Å². The number of hydrogen-bond acceptors (Lipinski definition) is 4. The molecule has 3 rings (SSSR count). The molecule has 6 heteroatoms. The third kappa shape index (κ3) is 4.55. The first kappa shape index (κ1) is 17.4. The number of rotatable bonds is 5. The van der Waals surface area contributed by atoms with Gasteiger partial charge in [-0.15, -0.1) is 0 Å². The van der Waals surface area contributed by atoms with Crippen LogP contribution in [0.4, 0.5) is 0 Å². The summed E-state index contributed by atoms with van der Waals surface area (Å²) in [6.45, 7) is 0.241. The van der Waals surface area contributed by atoms with E-state index in [9.17, 15) is 4.79 Å². The number of aromatic nitrogens is 2. The fourth-order valence-electron chi connectivity index (χ4n) is 2.21. The Bertz CT molecular complexity index is 925. The lowest BCUT2D eigenvalue weighted by atomic mass is 10.2. The van der Waals surface area contributed by atoms with E-state index in [1.807, 2.05) is 67.7 Å². The van der Waals surface area contributed by atoms with Gasteiger partial charge in [-0.1, -0.05) is 48.5 Å². The molecule has 0 radical (unpaired) electrons. The van der Waals surface area contributed by atoms with E-state index in [-0.39, 0.29) is 12.6 Å². The van der Waals surface area contributed by atoms with Crippen molar-refractivity contribution in [3.05, 3.63) is 89.0 Å². The van der Waals surface area contributed by atoms with Crippen LogP contribution in [-0.2, 0) is 18.4 Å². The van der Waals surface area contributed by atoms with Crippen molar-refractivity contribution in [2.45, 2.75) is 11.5 Å². The summed E-state index contributed by atoms with van der Waals surface area (Å²) >= 11 is 6.89. The summed E-state index contributed by atoms with van der Waals surface area (Å²) in [6.07, 6.45) is 3.41. The molecule has 4 nitrogen and oxygen atoms in total. The average Bonchev–Trinajstić information content (AvgIpc) is 2.65. The molecule has 0 atom stereocenters. The van der Waals surface area contributed by atoms with Crippen molar-refractivity contribution in [3.8, 4) is 0 Å². The van der Waals surface area contributed by atoms with Gasteiger partial charge in [0.2, 0.25) is 0 Å². The van der Waals surface area contributed by atoms with Crippen LogP contribution in [0.15, 0.2) is 78.0 Å². The molecule has 0 amide bonds. The second-order valence-corrected chi connectivity index (χ2v) is 6.81. The van der Waals surface area contributed by atoms with Crippen molar-refractivity contribution in [2.24, 2.45) is 7.05 Å². The number of esters is 1. The van der Waals surface area contributed by atoms with Gasteiger partial charge in [0, 0.05) is 12.2 Å². The maximum absolute atomic E-state index is 12.4. The minimum absolute atomic E-state index is 0.241. The van der Waals surface area contributed by atoms with Gasteiger partial charge in [-0.3, -0.25) is 0 Å². The molecule has 0 fully saturated rings. The lowest BCUT2D eigenvalue weighted by Gasteiger charge is -2.06. The Balaban J connectivity index is 1.79. The topological polar surface area (TPSA) is 35.1 Å². The maximum Gasteiger partial charge on any atom is 0.362 e. The molecule has 1 heterocycles. The number of benzene rings is 2. The molecule has 0 saturated heterocycles. The van der Waals surface area contributed by atoms with Gasteiger partial charge in [-0.05, 0) is 17.7 Å². The summed E-state index contributed by atoms with van der Waals surface area (Å²) in [4.78, 5) is 13.4. The van der Waals surface area contributed by atoms with Gasteiger partial charge >= 0.3 is 10.7 Å². The molecule has 2 aromatic carbocycles. The predicted molar refractivity (Wildman–Crippen MR) is 99.7 cm³/mol. The molecule has 0 aliphatic heterocycles. The largest absolute Gasteiger partial charge is 0.457 e. The highest BCUT2D eigenvalue weighted by atomic mass is 32.2. The molecule has 25 heavy (non-hydrogen) atoms. The predicted octanol–water partition coefficient (Wildman–Crippen LogP) is 3.95. The summed E-state index contributed by atoms with van der Waals surface area (Å²) in [6, 6.07) is 19.5. The number of hydrogen-bond donors (Lipinski definition) is 0. The molecule has 1 aromatic heterocycles. The Hall–Kier alpha value is -2.44. The van der Waals surface area contributed by atoms with Gasteiger partial charge in [0.05, 0.1) is 11.9 Å². The van der Waals surface area contributed by atoms with Gasteiger partial charge in [0.25, 0.3) is 0 Å². The first-order valence-electron chi connectivity index (χ1n) is 7.70. The van der Waals surface area contributed by atoms with Crippen LogP contribution < -0.4 is 4.57 Å². The lowest BCUT2D eigenvalue weighted by molar-refractivity contribution is -0.682. The Morgan fingerprint density at radius 3 is 2.44 bits per heavy atom. The summed E-state index contributed by atoms with van der Waals surface area (Å²) < 4.78 is 9.55. The minimum Gasteiger partial charge on any atom is -0.457 e. The third-order valence-corrected chi connectivity index (χ3v) is 5.03. The Kier molecular flexibility index (Phi) is 5.63. The molecule has 3 aromatic rings. The second-order valence-electron chi connectivity index (χ2n) is 5.40. The minimum atomic E-state index is -0.378. The zero-order valence-corrected chi connectivity index (χ0v) is 15.3. The Labute approximate surface area is 155 Å². The summed E-state index contributed by atoms with van der Waals surface area (Å²) in [5.74, 6) is -0.378. The summed E-state index contributed by atoms with van der Waals surface area (Å²) in [5.41, 5.74) is 1.40. The molecule has 0 unspecified atom stereocenters. The van der Waals surface area contributed by atoms with Crippen LogP contribution in [0.2, 0.25) is 0 Å². The van der Waals surface area contributed by atoms with Gasteiger partial charge in [-0.25, -0.2) is 9.36 Å². The second kappa shape index (κ2) is 8.09. The number of ether oxygens (including phenoxy) is 1. The fraction of sp³-hybridized carbons (Fsp3) is 0.105. The van der Waals surface area contributed by atoms with Crippen LogP contribution >= 0.6 is 24.2 Å². The smallest absolute Gasteiger partial charge is 0.362 e. The van der Waals surface area contributed by atoms with Crippen LogP contribution in [0.5, 0.6) is 0 Å². The number of carbonyl (C=O) groups excluding carboxylic acids is 1. The summed E-state index contributed by atoms with van der Waals surface area (Å²) in [7, 11) is 1.82. The van der Waals surface area contributed by atoms with Crippen molar-refractivity contribution in [1.82, 2.24) is 3.97 Å². The molecular formula is C19H17N2O2S2+. The Morgan fingerprint density at radius 1 is 1.12 bits per heavy atom. The Morgan fingerprint density at radius 2 is 1.76 bits per heavy atom. The van der Waals surface area contributed by atoms with E-state index in [1.165, 1.54) is 11.9 Å². The molecule has 0 spiro atoms. The number of nitrogens with zero attached hydrogens (tertiary/aromatic N) is 2. The normalized spacial score (nSPS) is 10.4. The number of carbonyl (C=O) groups is 1. The monoisotopic (exact) mass is 369 g/mol. The van der Waals surface area contributed by atoms with Crippen molar-refractivity contribution >= 4 is 30.1 Å².